The molecule has 2 aromatic rings. The van der Waals surface area contributed by atoms with Crippen LogP contribution in [0.15, 0.2) is 37.4 Å². The minimum absolute atomic E-state index is 0.533. The largest absolute Gasteiger partial charge is 0.332 e. The molecule has 4 heteroatoms. The summed E-state index contributed by atoms with van der Waals surface area (Å²) in [5.41, 5.74) is 0. The third kappa shape index (κ3) is 1.64. The van der Waals surface area contributed by atoms with Gasteiger partial charge in [0, 0.05) is 24.8 Å². The van der Waals surface area contributed by atoms with E-state index in [1.165, 1.54) is 25.7 Å². The fraction of sp³-hybridized carbons (Fsp3) is 0.500. The lowest BCUT2D eigenvalue weighted by Crippen LogP contribution is -2.24. The van der Waals surface area contributed by atoms with Gasteiger partial charge in [0.15, 0.2) is 0 Å². The zero-order valence-corrected chi connectivity index (χ0v) is 9.24. The van der Waals surface area contributed by atoms with Crippen LogP contribution in [0.25, 0.3) is 0 Å². The molecule has 0 bridgehead atoms. The van der Waals surface area contributed by atoms with Crippen molar-refractivity contribution in [1.82, 2.24) is 19.1 Å². The summed E-state index contributed by atoms with van der Waals surface area (Å²) >= 11 is 0. The maximum absolute atomic E-state index is 4.15. The molecule has 0 N–H and O–H groups in total. The average Bonchev–Trinajstić information content (AvgIpc) is 3.03. The van der Waals surface area contributed by atoms with E-state index in [0.717, 1.165) is 0 Å². The van der Waals surface area contributed by atoms with Crippen LogP contribution in [0.1, 0.15) is 37.8 Å². The quantitative estimate of drug-likeness (QED) is 0.773. The van der Waals surface area contributed by atoms with Crippen LogP contribution in [0.2, 0.25) is 0 Å². The second-order valence-electron chi connectivity index (χ2n) is 4.44. The summed E-state index contributed by atoms with van der Waals surface area (Å²) in [7, 11) is 0. The van der Waals surface area contributed by atoms with E-state index in [1.807, 2.05) is 25.0 Å². The van der Waals surface area contributed by atoms with Crippen LogP contribution in [0, 0.1) is 0 Å². The van der Waals surface area contributed by atoms with Gasteiger partial charge in [-0.3, -0.25) is 0 Å². The lowest BCUT2D eigenvalue weighted by Gasteiger charge is -2.33. The van der Waals surface area contributed by atoms with Crippen LogP contribution < -0.4 is 0 Å². The Morgan fingerprint density at radius 3 is 1.69 bits per heavy atom. The first-order valence-electron chi connectivity index (χ1n) is 5.90. The molecule has 1 saturated carbocycles. The van der Waals surface area contributed by atoms with Crippen molar-refractivity contribution in [1.29, 1.82) is 0 Å². The summed E-state index contributed by atoms with van der Waals surface area (Å²) in [5.74, 6) is 0. The number of rotatable bonds is 2. The van der Waals surface area contributed by atoms with Gasteiger partial charge in [0.1, 0.15) is 0 Å². The zero-order valence-electron chi connectivity index (χ0n) is 9.24. The Bertz CT molecular complexity index is 376. The van der Waals surface area contributed by atoms with Gasteiger partial charge in [-0.15, -0.1) is 0 Å². The molecule has 0 spiro atoms. The molecule has 0 aliphatic heterocycles. The number of imidazole rings is 2. The zero-order chi connectivity index (χ0) is 10.8. The summed E-state index contributed by atoms with van der Waals surface area (Å²) in [6, 6.07) is 1.07. The highest BCUT2D eigenvalue weighted by atomic mass is 15.1. The number of hydrogen-bond acceptors (Lipinski definition) is 2. The third-order valence-corrected chi connectivity index (χ3v) is 3.51. The fourth-order valence-corrected chi connectivity index (χ4v) is 2.72. The third-order valence-electron chi connectivity index (χ3n) is 3.51. The van der Waals surface area contributed by atoms with Crippen LogP contribution in [-0.4, -0.2) is 19.1 Å². The first kappa shape index (κ1) is 9.63. The first-order valence-corrected chi connectivity index (χ1v) is 5.90. The van der Waals surface area contributed by atoms with E-state index in [9.17, 15) is 0 Å². The smallest absolute Gasteiger partial charge is 0.0949 e. The molecule has 16 heavy (non-hydrogen) atoms. The molecular weight excluding hydrogens is 200 g/mol. The van der Waals surface area contributed by atoms with Crippen molar-refractivity contribution in [2.75, 3.05) is 0 Å². The highest BCUT2D eigenvalue weighted by Gasteiger charge is 2.27. The standard InChI is InChI=1S/C12H16N4/c1-2-4-12(16-8-6-14-10-16)11(3-1)15-7-5-13-9-15/h5-12H,1-4H2. The van der Waals surface area contributed by atoms with E-state index in [0.29, 0.717) is 12.1 Å². The Hall–Kier alpha value is -1.58. The summed E-state index contributed by atoms with van der Waals surface area (Å²) in [6.45, 7) is 0. The second-order valence-corrected chi connectivity index (χ2v) is 4.44. The molecular formula is C12H16N4. The van der Waals surface area contributed by atoms with Gasteiger partial charge in [-0.25, -0.2) is 9.97 Å². The molecule has 4 nitrogen and oxygen atoms in total. The summed E-state index contributed by atoms with van der Waals surface area (Å²) in [6.07, 6.45) is 16.8. The second kappa shape index (κ2) is 4.12. The molecule has 2 unspecified atom stereocenters. The maximum atomic E-state index is 4.15. The topological polar surface area (TPSA) is 35.6 Å². The molecule has 2 heterocycles. The van der Waals surface area contributed by atoms with Gasteiger partial charge in [-0.05, 0) is 12.8 Å². The molecule has 84 valence electrons. The Labute approximate surface area is 94.9 Å². The number of nitrogens with zero attached hydrogens (tertiary/aromatic N) is 4. The van der Waals surface area contributed by atoms with Gasteiger partial charge >= 0.3 is 0 Å². The molecule has 2 atom stereocenters. The van der Waals surface area contributed by atoms with Crippen molar-refractivity contribution >= 4 is 0 Å². The lowest BCUT2D eigenvalue weighted by atomic mass is 9.90. The number of aromatic nitrogens is 4. The highest BCUT2D eigenvalue weighted by Crippen LogP contribution is 2.36. The molecule has 1 aliphatic carbocycles. The summed E-state index contributed by atoms with van der Waals surface area (Å²) in [4.78, 5) is 8.30. The minimum atomic E-state index is 0.533. The van der Waals surface area contributed by atoms with Gasteiger partial charge in [-0.1, -0.05) is 12.8 Å². The van der Waals surface area contributed by atoms with Crippen molar-refractivity contribution in [3.05, 3.63) is 37.4 Å². The Balaban J connectivity index is 1.90. The van der Waals surface area contributed by atoms with Crippen LogP contribution in [0.4, 0.5) is 0 Å². The van der Waals surface area contributed by atoms with Crippen molar-refractivity contribution in [3.8, 4) is 0 Å². The predicted octanol–water partition coefficient (Wildman–Crippen LogP) is 2.44. The van der Waals surface area contributed by atoms with E-state index in [2.05, 4.69) is 31.5 Å². The molecule has 1 fully saturated rings. The van der Waals surface area contributed by atoms with E-state index < -0.39 is 0 Å². The predicted molar refractivity (Wildman–Crippen MR) is 61.0 cm³/mol. The Morgan fingerprint density at radius 2 is 1.31 bits per heavy atom. The molecule has 0 radical (unpaired) electrons. The van der Waals surface area contributed by atoms with Crippen LogP contribution in [-0.2, 0) is 0 Å². The van der Waals surface area contributed by atoms with E-state index in [4.69, 9.17) is 0 Å². The summed E-state index contributed by atoms with van der Waals surface area (Å²) in [5, 5.41) is 0. The molecule has 1 aliphatic rings. The molecule has 3 rings (SSSR count). The monoisotopic (exact) mass is 216 g/mol. The van der Waals surface area contributed by atoms with E-state index in [1.54, 1.807) is 0 Å². The van der Waals surface area contributed by atoms with E-state index in [-0.39, 0.29) is 0 Å². The van der Waals surface area contributed by atoms with Gasteiger partial charge in [0.25, 0.3) is 0 Å². The SMILES string of the molecule is c1cn(C2CCCCC2n2ccnc2)cn1. The van der Waals surface area contributed by atoms with Crippen molar-refractivity contribution < 1.29 is 0 Å². The molecule has 0 saturated heterocycles. The van der Waals surface area contributed by atoms with Crippen LogP contribution in [0.3, 0.4) is 0 Å². The fourth-order valence-electron chi connectivity index (χ4n) is 2.72. The highest BCUT2D eigenvalue weighted by molar-refractivity contribution is 4.92. The van der Waals surface area contributed by atoms with Gasteiger partial charge in [-0.2, -0.15) is 0 Å². The van der Waals surface area contributed by atoms with E-state index >= 15 is 0 Å². The van der Waals surface area contributed by atoms with Crippen molar-refractivity contribution in [2.24, 2.45) is 0 Å². The maximum Gasteiger partial charge on any atom is 0.0949 e. The van der Waals surface area contributed by atoms with Crippen molar-refractivity contribution in [3.63, 3.8) is 0 Å². The Morgan fingerprint density at radius 1 is 0.812 bits per heavy atom. The number of hydrogen-bond donors (Lipinski definition) is 0. The van der Waals surface area contributed by atoms with Gasteiger partial charge in [0.2, 0.25) is 0 Å². The average molecular weight is 216 g/mol. The van der Waals surface area contributed by atoms with Gasteiger partial charge < -0.3 is 9.13 Å². The van der Waals surface area contributed by atoms with Crippen LogP contribution in [0.5, 0.6) is 0 Å². The van der Waals surface area contributed by atoms with Crippen LogP contribution >= 0.6 is 0 Å². The summed E-state index contributed by atoms with van der Waals surface area (Å²) < 4.78 is 4.48. The van der Waals surface area contributed by atoms with Crippen molar-refractivity contribution in [2.45, 2.75) is 37.8 Å². The minimum Gasteiger partial charge on any atom is -0.332 e. The first-order chi connectivity index (χ1) is 7.95. The lowest BCUT2D eigenvalue weighted by molar-refractivity contribution is 0.240. The molecule has 0 amide bonds. The molecule has 0 aromatic carbocycles. The molecule has 2 aromatic heterocycles. The normalized spacial score (nSPS) is 25.8. The van der Waals surface area contributed by atoms with Gasteiger partial charge in [0.05, 0.1) is 24.7 Å². The Kier molecular flexibility index (Phi) is 2.48.